The maximum absolute atomic E-state index is 5.32. The number of anilines is 2. The molecule has 2 heteroatoms. The fourth-order valence-electron chi connectivity index (χ4n) is 1.65. The van der Waals surface area contributed by atoms with Crippen molar-refractivity contribution >= 4 is 11.4 Å². The number of nitrogens with zero attached hydrogens (tertiary/aromatic N) is 1. The van der Waals surface area contributed by atoms with E-state index in [0.29, 0.717) is 0 Å². The van der Waals surface area contributed by atoms with E-state index in [1.165, 1.54) is 5.69 Å². The molecule has 1 rings (SSSR count). The molecular weight excluding hydrogens is 196 g/mol. The van der Waals surface area contributed by atoms with Crippen LogP contribution in [-0.2, 0) is 0 Å². The Balaban J connectivity index is 2.71. The first kappa shape index (κ1) is 12.4. The smallest absolute Gasteiger partial charge is 0.0845 e. The molecule has 0 saturated heterocycles. The highest BCUT2D eigenvalue weighted by atomic mass is 15.1. The minimum atomic E-state index is 0.0688. The largest absolute Gasteiger partial charge is 0.372 e. The summed E-state index contributed by atoms with van der Waals surface area (Å²) >= 11 is 0. The highest BCUT2D eigenvalue weighted by Gasteiger charge is 2.02. The van der Waals surface area contributed by atoms with Gasteiger partial charge in [-0.2, -0.15) is 0 Å². The fraction of sp³-hybridized carbons (Fsp3) is 0.429. The summed E-state index contributed by atoms with van der Waals surface area (Å²) in [6.07, 6.45) is 5.32. The summed E-state index contributed by atoms with van der Waals surface area (Å²) in [5, 5.41) is 3.24. The van der Waals surface area contributed by atoms with Gasteiger partial charge in [-0.1, -0.05) is 5.92 Å². The predicted octanol–water partition coefficient (Wildman–Crippen LogP) is 2.97. The van der Waals surface area contributed by atoms with Gasteiger partial charge in [0, 0.05) is 24.5 Å². The van der Waals surface area contributed by atoms with Gasteiger partial charge in [-0.05, 0) is 45.0 Å². The molecule has 0 saturated carbocycles. The van der Waals surface area contributed by atoms with E-state index in [0.717, 1.165) is 18.8 Å². The van der Waals surface area contributed by atoms with E-state index in [1.807, 2.05) is 6.92 Å². The first-order valence-corrected chi connectivity index (χ1v) is 5.79. The molecule has 0 radical (unpaired) electrons. The summed E-state index contributed by atoms with van der Waals surface area (Å²) in [6, 6.07) is 8.46. The molecule has 0 heterocycles. The van der Waals surface area contributed by atoms with Crippen molar-refractivity contribution in [2.45, 2.75) is 26.8 Å². The van der Waals surface area contributed by atoms with Crippen LogP contribution in [-0.4, -0.2) is 19.1 Å². The first-order valence-electron chi connectivity index (χ1n) is 5.79. The Kier molecular flexibility index (Phi) is 4.72. The zero-order valence-corrected chi connectivity index (χ0v) is 10.3. The minimum Gasteiger partial charge on any atom is -0.372 e. The first-order chi connectivity index (χ1) is 7.71. The van der Waals surface area contributed by atoms with Crippen molar-refractivity contribution in [2.24, 2.45) is 0 Å². The molecule has 1 aromatic carbocycles. The summed E-state index contributed by atoms with van der Waals surface area (Å²) in [5.74, 6) is 2.65. The van der Waals surface area contributed by atoms with Crippen LogP contribution in [0.25, 0.3) is 0 Å². The maximum atomic E-state index is 5.32. The number of nitrogens with one attached hydrogen (secondary N) is 1. The van der Waals surface area contributed by atoms with Crippen LogP contribution >= 0.6 is 0 Å². The SMILES string of the molecule is C#CC(C)Nc1ccc(N(CC)CC)cc1. The monoisotopic (exact) mass is 216 g/mol. The van der Waals surface area contributed by atoms with Gasteiger partial charge in [-0.3, -0.25) is 0 Å². The van der Waals surface area contributed by atoms with Crippen molar-refractivity contribution < 1.29 is 0 Å². The standard InChI is InChI=1S/C14H20N2/c1-5-12(4)15-13-8-10-14(11-9-13)16(6-2)7-3/h1,8-12,15H,6-7H2,2-4H3. The quantitative estimate of drug-likeness (QED) is 0.761. The van der Waals surface area contributed by atoms with E-state index in [1.54, 1.807) is 0 Å². The molecule has 0 bridgehead atoms. The average molecular weight is 216 g/mol. The van der Waals surface area contributed by atoms with E-state index in [-0.39, 0.29) is 6.04 Å². The van der Waals surface area contributed by atoms with E-state index in [9.17, 15) is 0 Å². The van der Waals surface area contributed by atoms with Crippen molar-refractivity contribution in [3.8, 4) is 12.3 Å². The Labute approximate surface area is 98.7 Å². The van der Waals surface area contributed by atoms with Gasteiger partial charge in [0.2, 0.25) is 0 Å². The normalized spacial score (nSPS) is 11.6. The molecule has 0 aliphatic carbocycles. The number of benzene rings is 1. The Hall–Kier alpha value is -1.62. The predicted molar refractivity (Wildman–Crippen MR) is 71.9 cm³/mol. The Morgan fingerprint density at radius 1 is 1.25 bits per heavy atom. The van der Waals surface area contributed by atoms with Gasteiger partial charge in [0.15, 0.2) is 0 Å². The lowest BCUT2D eigenvalue weighted by molar-refractivity contribution is 0.866. The van der Waals surface area contributed by atoms with Crippen LogP contribution in [0.1, 0.15) is 20.8 Å². The van der Waals surface area contributed by atoms with E-state index < -0.39 is 0 Å². The van der Waals surface area contributed by atoms with Crippen molar-refractivity contribution in [2.75, 3.05) is 23.3 Å². The highest BCUT2D eigenvalue weighted by molar-refractivity contribution is 5.55. The second kappa shape index (κ2) is 6.07. The molecule has 86 valence electrons. The second-order valence-corrected chi connectivity index (χ2v) is 3.75. The average Bonchev–Trinajstić information content (AvgIpc) is 2.32. The molecule has 1 atom stereocenters. The lowest BCUT2D eigenvalue weighted by atomic mass is 10.2. The van der Waals surface area contributed by atoms with Gasteiger partial charge in [0.25, 0.3) is 0 Å². The number of terminal acetylenes is 1. The van der Waals surface area contributed by atoms with E-state index >= 15 is 0 Å². The molecule has 1 unspecified atom stereocenters. The maximum Gasteiger partial charge on any atom is 0.0845 e. The molecule has 0 fully saturated rings. The van der Waals surface area contributed by atoms with Gasteiger partial charge in [0.05, 0.1) is 6.04 Å². The van der Waals surface area contributed by atoms with E-state index in [4.69, 9.17) is 6.42 Å². The Morgan fingerprint density at radius 3 is 2.25 bits per heavy atom. The summed E-state index contributed by atoms with van der Waals surface area (Å²) in [7, 11) is 0. The van der Waals surface area contributed by atoms with Crippen molar-refractivity contribution in [3.05, 3.63) is 24.3 Å². The summed E-state index contributed by atoms with van der Waals surface area (Å²) in [4.78, 5) is 2.31. The molecule has 0 aliphatic rings. The van der Waals surface area contributed by atoms with Gasteiger partial charge in [-0.25, -0.2) is 0 Å². The third-order valence-corrected chi connectivity index (χ3v) is 2.63. The van der Waals surface area contributed by atoms with Crippen molar-refractivity contribution in [1.29, 1.82) is 0 Å². The molecular formula is C14H20N2. The molecule has 0 aromatic heterocycles. The van der Waals surface area contributed by atoms with Crippen molar-refractivity contribution in [3.63, 3.8) is 0 Å². The number of hydrogen-bond donors (Lipinski definition) is 1. The molecule has 0 amide bonds. The van der Waals surface area contributed by atoms with Gasteiger partial charge < -0.3 is 10.2 Å². The van der Waals surface area contributed by atoms with E-state index in [2.05, 4.69) is 54.3 Å². The van der Waals surface area contributed by atoms with Crippen LogP contribution in [0.15, 0.2) is 24.3 Å². The van der Waals surface area contributed by atoms with Crippen LogP contribution in [0.5, 0.6) is 0 Å². The summed E-state index contributed by atoms with van der Waals surface area (Å²) in [6.45, 7) is 8.36. The third kappa shape index (κ3) is 3.20. The lowest BCUT2D eigenvalue weighted by Gasteiger charge is -2.21. The van der Waals surface area contributed by atoms with Crippen molar-refractivity contribution in [1.82, 2.24) is 0 Å². The topological polar surface area (TPSA) is 15.3 Å². The fourth-order valence-corrected chi connectivity index (χ4v) is 1.65. The summed E-state index contributed by atoms with van der Waals surface area (Å²) < 4.78 is 0. The van der Waals surface area contributed by atoms with Gasteiger partial charge >= 0.3 is 0 Å². The van der Waals surface area contributed by atoms with Crippen LogP contribution < -0.4 is 10.2 Å². The minimum absolute atomic E-state index is 0.0688. The van der Waals surface area contributed by atoms with Crippen LogP contribution in [0.3, 0.4) is 0 Å². The molecule has 16 heavy (non-hydrogen) atoms. The number of hydrogen-bond acceptors (Lipinski definition) is 2. The summed E-state index contributed by atoms with van der Waals surface area (Å²) in [5.41, 5.74) is 2.32. The zero-order valence-electron chi connectivity index (χ0n) is 10.3. The molecule has 2 nitrogen and oxygen atoms in total. The molecule has 1 aromatic rings. The molecule has 0 aliphatic heterocycles. The second-order valence-electron chi connectivity index (χ2n) is 3.75. The molecule has 1 N–H and O–H groups in total. The Bertz CT molecular complexity index is 344. The van der Waals surface area contributed by atoms with Gasteiger partial charge in [-0.15, -0.1) is 6.42 Å². The number of rotatable bonds is 5. The molecule has 0 spiro atoms. The third-order valence-electron chi connectivity index (χ3n) is 2.63. The van der Waals surface area contributed by atoms with Crippen LogP contribution in [0.2, 0.25) is 0 Å². The Morgan fingerprint density at radius 2 is 1.81 bits per heavy atom. The lowest BCUT2D eigenvalue weighted by Crippen LogP contribution is -2.21. The highest BCUT2D eigenvalue weighted by Crippen LogP contribution is 2.17. The van der Waals surface area contributed by atoms with Gasteiger partial charge in [0.1, 0.15) is 0 Å². The van der Waals surface area contributed by atoms with Crippen LogP contribution in [0.4, 0.5) is 11.4 Å². The zero-order chi connectivity index (χ0) is 12.0. The van der Waals surface area contributed by atoms with Crippen LogP contribution in [0, 0.1) is 12.3 Å².